The molecule has 4 fully saturated rings. The van der Waals surface area contributed by atoms with Gasteiger partial charge in [-0.25, -0.2) is 0 Å². The fourth-order valence-corrected chi connectivity index (χ4v) is 6.48. The van der Waals surface area contributed by atoms with Crippen molar-refractivity contribution in [1.29, 1.82) is 0 Å². The largest absolute Gasteiger partial charge is 0.487 e. The lowest BCUT2D eigenvalue weighted by molar-refractivity contribution is 0.223. The molecule has 4 heterocycles. The summed E-state index contributed by atoms with van der Waals surface area (Å²) in [6.07, 6.45) is 0.333. The molecule has 0 saturated carbocycles. The number of epoxide rings is 4. The van der Waals surface area contributed by atoms with Gasteiger partial charge in [0.2, 0.25) is 0 Å². The predicted octanol–water partition coefficient (Wildman–Crippen LogP) is 5.16. The van der Waals surface area contributed by atoms with Crippen LogP contribution < -0.4 is 18.9 Å². The number of benzene rings is 4. The molecule has 4 aromatic rings. The summed E-state index contributed by atoms with van der Waals surface area (Å²) in [6, 6.07) is 29.6. The fourth-order valence-electron chi connectivity index (χ4n) is 6.48. The van der Waals surface area contributed by atoms with Crippen molar-refractivity contribution >= 4 is 0 Å². The zero-order chi connectivity index (χ0) is 29.8. The van der Waals surface area contributed by atoms with E-state index in [0.29, 0.717) is 75.9 Å². The van der Waals surface area contributed by atoms with E-state index in [-0.39, 0.29) is 24.4 Å². The Bertz CT molecular complexity index is 1590. The number of fused-ring (bicyclic) bond motifs is 3. The van der Waals surface area contributed by atoms with E-state index in [1.807, 2.05) is 24.3 Å². The fraction of sp³-hybridized carbons (Fsp3) is 0.351. The van der Waals surface area contributed by atoms with E-state index in [4.69, 9.17) is 37.9 Å². The number of hydrogen-bond donors (Lipinski definition) is 0. The van der Waals surface area contributed by atoms with E-state index in [1.54, 1.807) is 0 Å². The average molecular weight is 607 g/mol. The quantitative estimate of drug-likeness (QED) is 0.160. The molecule has 1 aliphatic carbocycles. The van der Waals surface area contributed by atoms with Gasteiger partial charge in [0.25, 0.3) is 0 Å². The third kappa shape index (κ3) is 5.12. The molecule has 230 valence electrons. The Hall–Kier alpha value is -4.08. The van der Waals surface area contributed by atoms with E-state index < -0.39 is 5.41 Å². The van der Waals surface area contributed by atoms with Gasteiger partial charge in [0, 0.05) is 11.1 Å². The Kier molecular flexibility index (Phi) is 6.70. The first-order chi connectivity index (χ1) is 22.3. The Morgan fingerprint density at radius 3 is 1.20 bits per heavy atom. The van der Waals surface area contributed by atoms with Gasteiger partial charge in [0.05, 0.1) is 31.8 Å². The van der Waals surface area contributed by atoms with Gasteiger partial charge in [0.15, 0.2) is 23.0 Å². The van der Waals surface area contributed by atoms with Crippen LogP contribution in [0.4, 0.5) is 0 Å². The van der Waals surface area contributed by atoms with Gasteiger partial charge in [-0.2, -0.15) is 0 Å². The highest BCUT2D eigenvalue weighted by atomic mass is 16.6. The summed E-state index contributed by atoms with van der Waals surface area (Å²) in [5.41, 5.74) is 5.70. The zero-order valence-corrected chi connectivity index (χ0v) is 24.8. The van der Waals surface area contributed by atoms with E-state index in [9.17, 15) is 0 Å². The molecule has 8 nitrogen and oxygen atoms in total. The first-order valence-electron chi connectivity index (χ1n) is 15.7. The molecular weight excluding hydrogens is 572 g/mol. The molecule has 4 saturated heterocycles. The second-order valence-electron chi connectivity index (χ2n) is 12.2. The van der Waals surface area contributed by atoms with Crippen LogP contribution >= 0.6 is 0 Å². The molecule has 4 unspecified atom stereocenters. The zero-order valence-electron chi connectivity index (χ0n) is 24.8. The van der Waals surface area contributed by atoms with Gasteiger partial charge < -0.3 is 37.9 Å². The highest BCUT2D eigenvalue weighted by Gasteiger charge is 2.50. The van der Waals surface area contributed by atoms with E-state index in [1.165, 1.54) is 0 Å². The first-order valence-corrected chi connectivity index (χ1v) is 15.7. The molecule has 0 aromatic heterocycles. The van der Waals surface area contributed by atoms with Crippen LogP contribution in [0, 0.1) is 0 Å². The van der Waals surface area contributed by atoms with Gasteiger partial charge in [-0.3, -0.25) is 0 Å². The Morgan fingerprint density at radius 2 is 0.800 bits per heavy atom. The summed E-state index contributed by atoms with van der Waals surface area (Å²) in [6.45, 7) is 4.58. The van der Waals surface area contributed by atoms with Crippen LogP contribution in [0.1, 0.15) is 22.3 Å². The number of para-hydroxylation sites is 2. The van der Waals surface area contributed by atoms with Gasteiger partial charge >= 0.3 is 0 Å². The lowest BCUT2D eigenvalue weighted by Crippen LogP contribution is -2.31. The molecule has 0 radical (unpaired) electrons. The van der Waals surface area contributed by atoms with Crippen LogP contribution in [-0.4, -0.2) is 77.3 Å². The Labute approximate surface area is 261 Å². The third-order valence-corrected chi connectivity index (χ3v) is 9.00. The molecule has 0 N–H and O–H groups in total. The maximum atomic E-state index is 6.70. The first kappa shape index (κ1) is 27.2. The SMILES string of the molecule is c1ccc2c(c1)-c1ccccc1C2(c1cccc(OCC2CO2)c1OCC1CO1)c1cccc(OCC2CO2)c1OCC1CO1. The Balaban J connectivity index is 1.30. The molecule has 45 heavy (non-hydrogen) atoms. The van der Waals surface area contributed by atoms with Crippen molar-refractivity contribution < 1.29 is 37.9 Å². The summed E-state index contributed by atoms with van der Waals surface area (Å²) >= 11 is 0. The van der Waals surface area contributed by atoms with E-state index in [2.05, 4.69) is 60.7 Å². The van der Waals surface area contributed by atoms with Crippen molar-refractivity contribution in [3.8, 4) is 34.1 Å². The smallest absolute Gasteiger partial charge is 0.166 e. The summed E-state index contributed by atoms with van der Waals surface area (Å²) in [7, 11) is 0. The highest BCUT2D eigenvalue weighted by Crippen LogP contribution is 2.61. The van der Waals surface area contributed by atoms with Crippen molar-refractivity contribution in [2.24, 2.45) is 0 Å². The number of rotatable bonds is 14. The molecule has 5 aliphatic rings. The van der Waals surface area contributed by atoms with Crippen LogP contribution in [0.5, 0.6) is 23.0 Å². The van der Waals surface area contributed by atoms with Crippen molar-refractivity contribution in [2.45, 2.75) is 29.8 Å². The minimum Gasteiger partial charge on any atom is -0.487 e. The lowest BCUT2D eigenvalue weighted by atomic mass is 9.67. The summed E-state index contributed by atoms with van der Waals surface area (Å²) in [5, 5.41) is 0. The van der Waals surface area contributed by atoms with Crippen LogP contribution in [0.2, 0.25) is 0 Å². The molecule has 0 spiro atoms. The number of hydrogen-bond acceptors (Lipinski definition) is 8. The van der Waals surface area contributed by atoms with Crippen molar-refractivity contribution in [1.82, 2.24) is 0 Å². The monoisotopic (exact) mass is 606 g/mol. The van der Waals surface area contributed by atoms with Gasteiger partial charge in [-0.1, -0.05) is 72.8 Å². The van der Waals surface area contributed by atoms with Gasteiger partial charge in [-0.15, -0.1) is 0 Å². The molecule has 4 aromatic carbocycles. The summed E-state index contributed by atoms with van der Waals surface area (Å²) in [4.78, 5) is 0. The van der Waals surface area contributed by atoms with Crippen molar-refractivity contribution in [3.63, 3.8) is 0 Å². The van der Waals surface area contributed by atoms with Gasteiger partial charge in [0.1, 0.15) is 50.8 Å². The second-order valence-corrected chi connectivity index (χ2v) is 12.2. The highest BCUT2D eigenvalue weighted by molar-refractivity contribution is 5.88. The average Bonchev–Trinajstić information content (AvgIpc) is 3.88. The third-order valence-electron chi connectivity index (χ3n) is 9.00. The Morgan fingerprint density at radius 1 is 0.444 bits per heavy atom. The minimum atomic E-state index is -0.822. The maximum Gasteiger partial charge on any atom is 0.166 e. The number of ether oxygens (including phenoxy) is 8. The topological polar surface area (TPSA) is 87.0 Å². The minimum absolute atomic E-state index is 0.0654. The predicted molar refractivity (Wildman–Crippen MR) is 165 cm³/mol. The van der Waals surface area contributed by atoms with Crippen molar-refractivity contribution in [3.05, 3.63) is 107 Å². The van der Waals surface area contributed by atoms with Gasteiger partial charge in [-0.05, 0) is 34.4 Å². The molecule has 0 bridgehead atoms. The van der Waals surface area contributed by atoms with Crippen LogP contribution in [-0.2, 0) is 24.4 Å². The standard InChI is InChI=1S/C37H34O8/c1-3-9-29-27(7-1)28-8-2-4-10-30(28)37(29,31-11-5-13-33(42-19-23-15-38-23)35(31)44-21-25-17-40-25)32-12-6-14-34(43-20-24-16-39-24)36(32)45-22-26-18-41-26/h1-14,23-26H,15-22H2. The van der Waals surface area contributed by atoms with E-state index in [0.717, 1.165) is 33.4 Å². The molecule has 4 aliphatic heterocycles. The molecule has 4 atom stereocenters. The molecule has 9 rings (SSSR count). The van der Waals surface area contributed by atoms with E-state index >= 15 is 0 Å². The lowest BCUT2D eigenvalue weighted by Gasteiger charge is -2.36. The molecular formula is C37H34O8. The summed E-state index contributed by atoms with van der Waals surface area (Å²) < 4.78 is 48.3. The molecule has 0 amide bonds. The van der Waals surface area contributed by atoms with Crippen LogP contribution in [0.25, 0.3) is 11.1 Å². The second kappa shape index (κ2) is 11.1. The van der Waals surface area contributed by atoms with Crippen LogP contribution in [0.3, 0.4) is 0 Å². The maximum absolute atomic E-state index is 6.70. The molecule has 8 heteroatoms. The van der Waals surface area contributed by atoms with Crippen LogP contribution in [0.15, 0.2) is 84.9 Å². The normalized spacial score (nSPS) is 24.3. The van der Waals surface area contributed by atoms with Crippen molar-refractivity contribution in [2.75, 3.05) is 52.9 Å². The summed E-state index contributed by atoms with van der Waals surface area (Å²) in [5.74, 6) is 2.73.